The number of rotatable bonds is 6. The normalized spacial score (nSPS) is 35.4. The molecule has 3 aliphatic heterocycles. The standard InChI is InChI=1S/C20H33NO9/c1-17(2,3)27-13(22)8-11(16(23)24)21-10-20-15(29-19(6,7)30-20)14-12(9-25-20)26-18(4,5)28-14/h11-12,14-15,21H,8-10H2,1-7H3,(H,23,24)/t11-,12+,14+,15-,20-/m0/s1. The van der Waals surface area contributed by atoms with Gasteiger partial charge in [-0.3, -0.25) is 14.9 Å². The van der Waals surface area contributed by atoms with Crippen molar-refractivity contribution in [2.75, 3.05) is 13.2 Å². The van der Waals surface area contributed by atoms with Crippen molar-refractivity contribution in [1.29, 1.82) is 0 Å². The van der Waals surface area contributed by atoms with E-state index >= 15 is 0 Å². The van der Waals surface area contributed by atoms with Crippen molar-refractivity contribution in [1.82, 2.24) is 5.32 Å². The second-order valence-corrected chi connectivity index (χ2v) is 9.86. The van der Waals surface area contributed by atoms with Gasteiger partial charge in [0.2, 0.25) is 5.79 Å². The van der Waals surface area contributed by atoms with Gasteiger partial charge in [-0.1, -0.05) is 0 Å². The second-order valence-electron chi connectivity index (χ2n) is 9.86. The third-order valence-electron chi connectivity index (χ3n) is 4.96. The first-order valence-corrected chi connectivity index (χ1v) is 10.2. The van der Waals surface area contributed by atoms with Gasteiger partial charge in [0, 0.05) is 0 Å². The van der Waals surface area contributed by atoms with Crippen LogP contribution in [-0.4, -0.2) is 77.5 Å². The fourth-order valence-corrected chi connectivity index (χ4v) is 4.04. The molecule has 0 bridgehead atoms. The molecule has 0 aromatic rings. The Morgan fingerprint density at radius 3 is 2.40 bits per heavy atom. The molecule has 3 fully saturated rings. The zero-order valence-electron chi connectivity index (χ0n) is 18.6. The number of carbonyl (C=O) groups excluding carboxylic acids is 1. The molecule has 0 aromatic heterocycles. The van der Waals surface area contributed by atoms with Crippen LogP contribution in [0.4, 0.5) is 0 Å². The lowest BCUT2D eigenvalue weighted by Crippen LogP contribution is -2.63. The van der Waals surface area contributed by atoms with Crippen LogP contribution in [0.3, 0.4) is 0 Å². The van der Waals surface area contributed by atoms with Gasteiger partial charge < -0.3 is 33.5 Å². The van der Waals surface area contributed by atoms with E-state index in [0.29, 0.717) is 0 Å². The average molecular weight is 431 g/mol. The Morgan fingerprint density at radius 2 is 1.80 bits per heavy atom. The van der Waals surface area contributed by atoms with E-state index in [0.717, 1.165) is 0 Å². The molecule has 0 aromatic carbocycles. The molecule has 10 nitrogen and oxygen atoms in total. The summed E-state index contributed by atoms with van der Waals surface area (Å²) in [5, 5.41) is 12.5. The van der Waals surface area contributed by atoms with Gasteiger partial charge in [-0.25, -0.2) is 0 Å². The monoisotopic (exact) mass is 431 g/mol. The van der Waals surface area contributed by atoms with E-state index in [4.69, 9.17) is 28.4 Å². The predicted octanol–water partition coefficient (Wildman–Crippen LogP) is 1.16. The van der Waals surface area contributed by atoms with Gasteiger partial charge in [-0.05, 0) is 48.5 Å². The summed E-state index contributed by atoms with van der Waals surface area (Å²) in [5.74, 6) is -4.84. The molecule has 0 aliphatic carbocycles. The summed E-state index contributed by atoms with van der Waals surface area (Å²) < 4.78 is 35.3. The third kappa shape index (κ3) is 5.12. The van der Waals surface area contributed by atoms with E-state index in [-0.39, 0.29) is 25.7 Å². The first-order valence-electron chi connectivity index (χ1n) is 10.2. The summed E-state index contributed by atoms with van der Waals surface area (Å²) >= 11 is 0. The molecule has 172 valence electrons. The van der Waals surface area contributed by atoms with Gasteiger partial charge in [-0.15, -0.1) is 0 Å². The van der Waals surface area contributed by atoms with E-state index in [9.17, 15) is 14.7 Å². The fourth-order valence-electron chi connectivity index (χ4n) is 4.04. The number of ether oxygens (including phenoxy) is 6. The maximum atomic E-state index is 12.1. The van der Waals surface area contributed by atoms with Crippen molar-refractivity contribution in [3.63, 3.8) is 0 Å². The number of aliphatic carboxylic acids is 1. The topological polar surface area (TPSA) is 122 Å². The van der Waals surface area contributed by atoms with Crippen LogP contribution in [0, 0.1) is 0 Å². The first-order chi connectivity index (χ1) is 13.6. The molecule has 0 amide bonds. The maximum absolute atomic E-state index is 12.1. The number of carboxylic acids is 1. The van der Waals surface area contributed by atoms with E-state index < -0.39 is 53.2 Å². The highest BCUT2D eigenvalue weighted by Gasteiger charge is 2.65. The van der Waals surface area contributed by atoms with Gasteiger partial charge in [0.15, 0.2) is 11.6 Å². The molecule has 3 rings (SSSR count). The van der Waals surface area contributed by atoms with Gasteiger partial charge in [0.25, 0.3) is 0 Å². The molecule has 3 aliphatic rings. The van der Waals surface area contributed by atoms with E-state index in [2.05, 4.69) is 5.32 Å². The van der Waals surface area contributed by atoms with E-state index in [1.807, 2.05) is 13.8 Å². The summed E-state index contributed by atoms with van der Waals surface area (Å²) in [7, 11) is 0. The van der Waals surface area contributed by atoms with Crippen molar-refractivity contribution in [3.8, 4) is 0 Å². The van der Waals surface area contributed by atoms with Gasteiger partial charge in [0.1, 0.15) is 30.0 Å². The molecular weight excluding hydrogens is 398 g/mol. The van der Waals surface area contributed by atoms with E-state index in [1.54, 1.807) is 34.6 Å². The third-order valence-corrected chi connectivity index (χ3v) is 4.96. The highest BCUT2D eigenvalue weighted by Crippen LogP contribution is 2.47. The number of hydrogen-bond donors (Lipinski definition) is 2. The van der Waals surface area contributed by atoms with Crippen molar-refractivity contribution >= 4 is 11.9 Å². The van der Waals surface area contributed by atoms with Gasteiger partial charge >= 0.3 is 11.9 Å². The quantitative estimate of drug-likeness (QED) is 0.592. The molecule has 2 N–H and O–H groups in total. The largest absolute Gasteiger partial charge is 0.480 e. The zero-order chi connectivity index (χ0) is 22.5. The number of hydrogen-bond acceptors (Lipinski definition) is 9. The van der Waals surface area contributed by atoms with Crippen LogP contribution in [-0.2, 0) is 38.0 Å². The Kier molecular flexibility index (Phi) is 5.98. The van der Waals surface area contributed by atoms with Crippen molar-refractivity contribution in [3.05, 3.63) is 0 Å². The van der Waals surface area contributed by atoms with Crippen LogP contribution in [0.1, 0.15) is 54.9 Å². The smallest absolute Gasteiger partial charge is 0.321 e. The molecule has 0 unspecified atom stereocenters. The lowest BCUT2D eigenvalue weighted by atomic mass is 9.96. The average Bonchev–Trinajstić information content (AvgIpc) is 3.00. The lowest BCUT2D eigenvalue weighted by molar-refractivity contribution is -0.278. The molecule has 3 heterocycles. The Labute approximate surface area is 176 Å². The molecule has 0 saturated carbocycles. The fraction of sp³-hybridized carbons (Fsp3) is 0.900. The van der Waals surface area contributed by atoms with Crippen molar-refractivity contribution in [2.24, 2.45) is 0 Å². The number of esters is 1. The Morgan fingerprint density at radius 1 is 1.13 bits per heavy atom. The number of carbonyl (C=O) groups is 2. The van der Waals surface area contributed by atoms with Gasteiger partial charge in [-0.2, -0.15) is 0 Å². The minimum absolute atomic E-state index is 0.0200. The molecular formula is C20H33NO9. The Bertz CT molecular complexity index is 686. The summed E-state index contributed by atoms with van der Waals surface area (Å²) in [6, 6.07) is -1.18. The van der Waals surface area contributed by atoms with Crippen molar-refractivity contribution < 1.29 is 43.1 Å². The molecule has 0 spiro atoms. The highest BCUT2D eigenvalue weighted by atomic mass is 16.9. The van der Waals surface area contributed by atoms with Crippen LogP contribution in [0.5, 0.6) is 0 Å². The number of fused-ring (bicyclic) bond motifs is 3. The SMILES string of the molecule is CC(C)(C)OC(=O)C[C@H](NC[C@@]12OC[C@H]3OC(C)(C)O[C@H]3[C@@H]1OC(C)(C)O2)C(=O)O. The van der Waals surface area contributed by atoms with Crippen LogP contribution < -0.4 is 5.32 Å². The van der Waals surface area contributed by atoms with Crippen LogP contribution >= 0.6 is 0 Å². The predicted molar refractivity (Wildman–Crippen MR) is 102 cm³/mol. The summed E-state index contributed by atoms with van der Waals surface area (Å²) in [6.07, 6.45) is -1.74. The summed E-state index contributed by atoms with van der Waals surface area (Å²) in [4.78, 5) is 23.9. The Hall–Kier alpha value is -1.30. The van der Waals surface area contributed by atoms with Crippen molar-refractivity contribution in [2.45, 2.75) is 102 Å². The lowest BCUT2D eigenvalue weighted by Gasteiger charge is -2.41. The summed E-state index contributed by atoms with van der Waals surface area (Å²) in [6.45, 7) is 12.5. The Balaban J connectivity index is 1.72. The van der Waals surface area contributed by atoms with Crippen LogP contribution in [0.2, 0.25) is 0 Å². The van der Waals surface area contributed by atoms with Crippen LogP contribution in [0.15, 0.2) is 0 Å². The zero-order valence-corrected chi connectivity index (χ0v) is 18.6. The molecule has 30 heavy (non-hydrogen) atoms. The molecule has 3 saturated heterocycles. The van der Waals surface area contributed by atoms with Crippen LogP contribution in [0.25, 0.3) is 0 Å². The highest BCUT2D eigenvalue weighted by molar-refractivity contribution is 5.81. The first kappa shape index (κ1) is 23.4. The number of carboxylic acid groups (broad SMARTS) is 1. The maximum Gasteiger partial charge on any atom is 0.321 e. The molecule has 5 atom stereocenters. The number of nitrogens with one attached hydrogen (secondary N) is 1. The molecule has 10 heteroatoms. The minimum Gasteiger partial charge on any atom is -0.480 e. The van der Waals surface area contributed by atoms with E-state index in [1.165, 1.54) is 0 Å². The summed E-state index contributed by atoms with van der Waals surface area (Å²) in [5.41, 5.74) is -0.704. The second kappa shape index (κ2) is 7.68. The molecule has 0 radical (unpaired) electrons. The minimum atomic E-state index is -1.28. The van der Waals surface area contributed by atoms with Gasteiger partial charge in [0.05, 0.1) is 19.6 Å².